The summed E-state index contributed by atoms with van der Waals surface area (Å²) in [4.78, 5) is 16.7. The number of anilines is 4. The van der Waals surface area contributed by atoms with Crippen LogP contribution in [0.4, 0.5) is 23.5 Å². The van der Waals surface area contributed by atoms with Gasteiger partial charge in [-0.25, -0.2) is 0 Å². The van der Waals surface area contributed by atoms with Gasteiger partial charge in [0.15, 0.2) is 0 Å². The minimum atomic E-state index is 0.230. The maximum atomic E-state index is 6.64. The minimum Gasteiger partial charge on any atom is -0.352 e. The Bertz CT molecular complexity index is 959. The Hall–Kier alpha value is -2.16. The van der Waals surface area contributed by atoms with Crippen LogP contribution in [0.15, 0.2) is 18.2 Å². The number of nitrogens with zero attached hydrogens (tertiary/aromatic N) is 4. The molecule has 0 amide bonds. The van der Waals surface area contributed by atoms with Crippen LogP contribution in [0.2, 0.25) is 5.02 Å². The molecule has 2 heterocycles. The van der Waals surface area contributed by atoms with Crippen LogP contribution in [0.5, 0.6) is 0 Å². The molecule has 36 heavy (non-hydrogen) atoms. The maximum absolute atomic E-state index is 6.64. The molecule has 1 saturated carbocycles. The standard InChI is InChI=1S/C27H43ClN8/c1-4-24(29-3)22-15-14-20(17-23(22)28)32-27-34-25(30-18-21-13-10-16-36(21)5-2)33-26(35-27)31-19-11-8-6-7-9-12-19/h14-15,17,19,21,24,29H,4-13,16,18H2,1-3H3,(H3,30,31,32,33,34,35). The molecule has 2 aromatic rings. The molecule has 0 spiro atoms. The molecule has 2 atom stereocenters. The molecule has 2 fully saturated rings. The van der Waals surface area contributed by atoms with Gasteiger partial charge in [0.1, 0.15) is 0 Å². The predicted octanol–water partition coefficient (Wildman–Crippen LogP) is 5.97. The molecular formula is C27H43ClN8. The van der Waals surface area contributed by atoms with Crippen molar-refractivity contribution in [3.8, 4) is 0 Å². The lowest BCUT2D eigenvalue weighted by atomic mass is 10.0. The van der Waals surface area contributed by atoms with Crippen LogP contribution >= 0.6 is 11.6 Å². The van der Waals surface area contributed by atoms with Gasteiger partial charge in [-0.3, -0.25) is 4.90 Å². The third kappa shape index (κ3) is 7.20. The van der Waals surface area contributed by atoms with Gasteiger partial charge in [0.2, 0.25) is 17.8 Å². The number of aromatic nitrogens is 3. The molecule has 1 aliphatic carbocycles. The smallest absolute Gasteiger partial charge is 0.233 e. The average Bonchev–Trinajstić information content (AvgIpc) is 3.19. The molecule has 2 aliphatic rings. The van der Waals surface area contributed by atoms with E-state index in [1.165, 1.54) is 45.1 Å². The summed E-state index contributed by atoms with van der Waals surface area (Å²) in [5.74, 6) is 1.76. The lowest BCUT2D eigenvalue weighted by molar-refractivity contribution is 0.277. The van der Waals surface area contributed by atoms with Crippen LogP contribution < -0.4 is 21.3 Å². The second kappa shape index (κ2) is 13.4. The largest absolute Gasteiger partial charge is 0.352 e. The van der Waals surface area contributed by atoms with Crippen molar-refractivity contribution in [2.75, 3.05) is 42.6 Å². The summed E-state index contributed by atoms with van der Waals surface area (Å²) < 4.78 is 0. The summed E-state index contributed by atoms with van der Waals surface area (Å²) in [6, 6.07) is 7.21. The Morgan fingerprint density at radius 1 is 0.972 bits per heavy atom. The quantitative estimate of drug-likeness (QED) is 0.273. The fraction of sp³-hybridized carbons (Fsp3) is 0.667. The van der Waals surface area contributed by atoms with E-state index in [1.54, 1.807) is 0 Å². The normalized spacial score (nSPS) is 20.2. The number of hydrogen-bond donors (Lipinski definition) is 4. The molecule has 4 rings (SSSR count). The number of benzene rings is 1. The van der Waals surface area contributed by atoms with Gasteiger partial charge in [-0.05, 0) is 69.9 Å². The number of likely N-dealkylation sites (N-methyl/N-ethyl adjacent to an activating group) is 1. The first-order valence-electron chi connectivity index (χ1n) is 13.8. The first-order chi connectivity index (χ1) is 17.6. The number of halogens is 1. The zero-order chi connectivity index (χ0) is 25.3. The third-order valence-electron chi connectivity index (χ3n) is 7.61. The number of nitrogens with one attached hydrogen (secondary N) is 4. The highest BCUT2D eigenvalue weighted by Crippen LogP contribution is 2.29. The summed E-state index contributed by atoms with van der Waals surface area (Å²) in [6.07, 6.45) is 10.9. The van der Waals surface area contributed by atoms with Crippen molar-refractivity contribution in [1.82, 2.24) is 25.2 Å². The molecule has 198 valence electrons. The van der Waals surface area contributed by atoms with Crippen molar-refractivity contribution in [3.63, 3.8) is 0 Å². The van der Waals surface area contributed by atoms with E-state index in [1.807, 2.05) is 19.2 Å². The summed E-state index contributed by atoms with van der Waals surface area (Å²) >= 11 is 6.64. The first kappa shape index (κ1) is 26.9. The molecule has 8 nitrogen and oxygen atoms in total. The summed E-state index contributed by atoms with van der Waals surface area (Å²) in [5.41, 5.74) is 1.96. The van der Waals surface area contributed by atoms with Crippen LogP contribution in [0.25, 0.3) is 0 Å². The lowest BCUT2D eigenvalue weighted by Crippen LogP contribution is -2.35. The molecule has 1 saturated heterocycles. The highest BCUT2D eigenvalue weighted by molar-refractivity contribution is 6.31. The van der Waals surface area contributed by atoms with Crippen molar-refractivity contribution in [3.05, 3.63) is 28.8 Å². The average molecular weight is 515 g/mol. The second-order valence-electron chi connectivity index (χ2n) is 10.1. The molecule has 0 bridgehead atoms. The van der Waals surface area contributed by atoms with Crippen molar-refractivity contribution in [2.24, 2.45) is 0 Å². The number of hydrogen-bond acceptors (Lipinski definition) is 8. The predicted molar refractivity (Wildman–Crippen MR) is 151 cm³/mol. The fourth-order valence-corrected chi connectivity index (χ4v) is 5.84. The molecule has 9 heteroatoms. The Morgan fingerprint density at radius 3 is 2.42 bits per heavy atom. The van der Waals surface area contributed by atoms with Gasteiger partial charge in [-0.1, -0.05) is 57.2 Å². The first-order valence-corrected chi connectivity index (χ1v) is 14.2. The van der Waals surface area contributed by atoms with Crippen molar-refractivity contribution < 1.29 is 0 Å². The minimum absolute atomic E-state index is 0.230. The maximum Gasteiger partial charge on any atom is 0.233 e. The van der Waals surface area contributed by atoms with Crippen LogP contribution in [-0.4, -0.2) is 58.6 Å². The van der Waals surface area contributed by atoms with Crippen LogP contribution in [-0.2, 0) is 0 Å². The summed E-state index contributed by atoms with van der Waals surface area (Å²) in [5, 5.41) is 14.5. The van der Waals surface area contributed by atoms with E-state index >= 15 is 0 Å². The SMILES string of the molecule is CCC(NC)c1ccc(Nc2nc(NCC3CCCN3CC)nc(NC3CCCCCC3)n2)cc1Cl. The number of rotatable bonds is 11. The molecule has 1 aromatic carbocycles. The Kier molecular flexibility index (Phi) is 10.0. The molecule has 1 aliphatic heterocycles. The van der Waals surface area contributed by atoms with Crippen LogP contribution in [0, 0.1) is 0 Å². The fourth-order valence-electron chi connectivity index (χ4n) is 5.53. The third-order valence-corrected chi connectivity index (χ3v) is 7.94. The monoisotopic (exact) mass is 514 g/mol. The molecule has 4 N–H and O–H groups in total. The molecule has 2 unspecified atom stereocenters. The molecule has 1 aromatic heterocycles. The van der Waals surface area contributed by atoms with E-state index in [0.717, 1.165) is 48.6 Å². The van der Waals surface area contributed by atoms with Gasteiger partial charge in [-0.15, -0.1) is 0 Å². The summed E-state index contributed by atoms with van der Waals surface area (Å²) in [6.45, 7) is 7.46. The van der Waals surface area contributed by atoms with Crippen molar-refractivity contribution in [2.45, 2.75) is 89.8 Å². The van der Waals surface area contributed by atoms with Crippen molar-refractivity contribution in [1.29, 1.82) is 0 Å². The Balaban J connectivity index is 1.52. The highest BCUT2D eigenvalue weighted by Gasteiger charge is 2.23. The zero-order valence-corrected chi connectivity index (χ0v) is 22.9. The van der Waals surface area contributed by atoms with Gasteiger partial charge in [0.25, 0.3) is 0 Å². The van der Waals surface area contributed by atoms with Gasteiger partial charge >= 0.3 is 0 Å². The Labute approximate surface area is 221 Å². The van der Waals surface area contributed by atoms with Crippen LogP contribution in [0.3, 0.4) is 0 Å². The van der Waals surface area contributed by atoms with Gasteiger partial charge in [0, 0.05) is 35.4 Å². The molecular weight excluding hydrogens is 472 g/mol. The highest BCUT2D eigenvalue weighted by atomic mass is 35.5. The van der Waals surface area contributed by atoms with Crippen molar-refractivity contribution >= 4 is 35.1 Å². The molecule has 0 radical (unpaired) electrons. The van der Waals surface area contributed by atoms with Gasteiger partial charge < -0.3 is 21.3 Å². The lowest BCUT2D eigenvalue weighted by Gasteiger charge is -2.23. The van der Waals surface area contributed by atoms with E-state index in [4.69, 9.17) is 26.6 Å². The van der Waals surface area contributed by atoms with E-state index < -0.39 is 0 Å². The number of likely N-dealkylation sites (tertiary alicyclic amines) is 1. The zero-order valence-electron chi connectivity index (χ0n) is 22.1. The second-order valence-corrected chi connectivity index (χ2v) is 10.5. The van der Waals surface area contributed by atoms with E-state index in [9.17, 15) is 0 Å². The van der Waals surface area contributed by atoms with Gasteiger partial charge in [-0.2, -0.15) is 15.0 Å². The van der Waals surface area contributed by atoms with E-state index in [0.29, 0.717) is 29.9 Å². The van der Waals surface area contributed by atoms with E-state index in [-0.39, 0.29) is 6.04 Å². The summed E-state index contributed by atoms with van der Waals surface area (Å²) in [7, 11) is 1.96. The van der Waals surface area contributed by atoms with Gasteiger partial charge in [0.05, 0.1) is 0 Å². The Morgan fingerprint density at radius 2 is 1.72 bits per heavy atom. The van der Waals surface area contributed by atoms with E-state index in [2.05, 4.69) is 46.1 Å². The van der Waals surface area contributed by atoms with Crippen LogP contribution in [0.1, 0.15) is 83.2 Å². The topological polar surface area (TPSA) is 90.0 Å².